The van der Waals surface area contributed by atoms with Crippen LogP contribution in [0.2, 0.25) is 0 Å². The number of aromatic carboxylic acids is 1. The van der Waals surface area contributed by atoms with Gasteiger partial charge in [-0.3, -0.25) is 4.40 Å². The number of benzene rings is 1. The summed E-state index contributed by atoms with van der Waals surface area (Å²) in [4.78, 5) is 15.3. The van der Waals surface area contributed by atoms with Gasteiger partial charge in [0.15, 0.2) is 5.65 Å². The Labute approximate surface area is 126 Å². The Balaban J connectivity index is 1.85. The highest BCUT2D eigenvalue weighted by molar-refractivity contribution is 5.94. The van der Waals surface area contributed by atoms with Gasteiger partial charge in [0.05, 0.1) is 19.0 Å². The molecule has 3 aromatic rings. The molecule has 1 N–H and O–H groups in total. The number of nitrogens with zero attached hydrogens (tertiary/aromatic N) is 2. The van der Waals surface area contributed by atoms with E-state index in [1.54, 1.807) is 36.0 Å². The lowest BCUT2D eigenvalue weighted by Crippen LogP contribution is -2.03. The third kappa shape index (κ3) is 2.58. The fraction of sp³-hybridized carbons (Fsp3) is 0.125. The molecule has 0 saturated heterocycles. The number of fused-ring (bicyclic) bond motifs is 1. The lowest BCUT2D eigenvalue weighted by atomic mass is 10.3. The van der Waals surface area contributed by atoms with Crippen LogP contribution in [-0.2, 0) is 6.61 Å². The third-order valence-corrected chi connectivity index (χ3v) is 3.27. The topological polar surface area (TPSA) is 73.1 Å². The summed E-state index contributed by atoms with van der Waals surface area (Å²) >= 11 is 0. The molecule has 2 aromatic heterocycles. The molecule has 0 atom stereocenters. The van der Waals surface area contributed by atoms with Crippen molar-refractivity contribution in [2.45, 2.75) is 6.61 Å². The lowest BCUT2D eigenvalue weighted by Gasteiger charge is -2.08. The van der Waals surface area contributed by atoms with Crippen molar-refractivity contribution in [3.63, 3.8) is 0 Å². The van der Waals surface area contributed by atoms with E-state index >= 15 is 0 Å². The first kappa shape index (κ1) is 13.9. The van der Waals surface area contributed by atoms with Gasteiger partial charge in [0.1, 0.15) is 23.7 Å². The molecule has 3 rings (SSSR count). The summed E-state index contributed by atoms with van der Waals surface area (Å²) in [6.07, 6.45) is 3.38. The van der Waals surface area contributed by atoms with Crippen molar-refractivity contribution in [1.29, 1.82) is 0 Å². The summed E-state index contributed by atoms with van der Waals surface area (Å²) in [6.45, 7) is 0.275. The maximum absolute atomic E-state index is 11.2. The smallest absolute Gasteiger partial charge is 0.339 e. The van der Waals surface area contributed by atoms with Crippen LogP contribution >= 0.6 is 0 Å². The summed E-state index contributed by atoms with van der Waals surface area (Å²) in [6, 6.07) is 10.5. The fourth-order valence-electron chi connectivity index (χ4n) is 2.18. The number of rotatable bonds is 5. The predicted molar refractivity (Wildman–Crippen MR) is 79.5 cm³/mol. The van der Waals surface area contributed by atoms with Crippen LogP contribution in [0.4, 0.5) is 0 Å². The maximum Gasteiger partial charge on any atom is 0.339 e. The molecule has 0 saturated carbocycles. The summed E-state index contributed by atoms with van der Waals surface area (Å²) in [5, 5.41) is 9.16. The molecular weight excluding hydrogens is 284 g/mol. The molecule has 0 aliphatic rings. The molecular formula is C16H14N2O4. The molecule has 0 unspecified atom stereocenters. The van der Waals surface area contributed by atoms with Gasteiger partial charge in [-0.1, -0.05) is 6.07 Å². The summed E-state index contributed by atoms with van der Waals surface area (Å²) in [5.41, 5.74) is 1.33. The molecule has 0 aliphatic carbocycles. The second kappa shape index (κ2) is 5.77. The van der Waals surface area contributed by atoms with Crippen molar-refractivity contribution in [2.75, 3.05) is 7.11 Å². The number of imidazole rings is 1. The van der Waals surface area contributed by atoms with Gasteiger partial charge in [-0.15, -0.1) is 0 Å². The predicted octanol–water partition coefficient (Wildman–Crippen LogP) is 2.62. The number of ether oxygens (including phenoxy) is 2. The summed E-state index contributed by atoms with van der Waals surface area (Å²) in [7, 11) is 1.59. The molecule has 6 nitrogen and oxygen atoms in total. The number of pyridine rings is 1. The van der Waals surface area contributed by atoms with Crippen LogP contribution in [0.3, 0.4) is 0 Å². The number of carboxylic acid groups (broad SMARTS) is 1. The highest BCUT2D eigenvalue weighted by Gasteiger charge is 2.12. The summed E-state index contributed by atoms with van der Waals surface area (Å²) < 4.78 is 12.6. The molecule has 2 heterocycles. The van der Waals surface area contributed by atoms with E-state index in [4.69, 9.17) is 14.6 Å². The van der Waals surface area contributed by atoms with E-state index in [9.17, 15) is 4.79 Å². The van der Waals surface area contributed by atoms with E-state index in [2.05, 4.69) is 4.98 Å². The van der Waals surface area contributed by atoms with E-state index in [1.807, 2.05) is 18.2 Å². The first-order valence-electron chi connectivity index (χ1n) is 6.64. The van der Waals surface area contributed by atoms with Crippen molar-refractivity contribution < 1.29 is 19.4 Å². The number of methoxy groups -OCH3 is 1. The van der Waals surface area contributed by atoms with Crippen LogP contribution in [0.15, 0.2) is 48.8 Å². The molecule has 6 heteroatoms. The molecule has 112 valence electrons. The SMILES string of the molecule is COc1cccc(OCc2cnc3c(C(=O)O)cccn23)c1. The van der Waals surface area contributed by atoms with Gasteiger partial charge in [-0.2, -0.15) is 0 Å². The van der Waals surface area contributed by atoms with Gasteiger partial charge in [0.2, 0.25) is 0 Å². The van der Waals surface area contributed by atoms with Crippen LogP contribution in [0.5, 0.6) is 11.5 Å². The van der Waals surface area contributed by atoms with E-state index in [0.717, 1.165) is 5.69 Å². The molecule has 1 aromatic carbocycles. The van der Waals surface area contributed by atoms with Crippen molar-refractivity contribution in [3.05, 3.63) is 60.0 Å². The zero-order valence-electron chi connectivity index (χ0n) is 11.9. The number of carbonyl (C=O) groups is 1. The average molecular weight is 298 g/mol. The van der Waals surface area contributed by atoms with E-state index in [1.165, 1.54) is 6.07 Å². The normalized spacial score (nSPS) is 10.6. The van der Waals surface area contributed by atoms with Gasteiger partial charge in [0.25, 0.3) is 0 Å². The molecule has 22 heavy (non-hydrogen) atoms. The Morgan fingerprint density at radius 1 is 1.27 bits per heavy atom. The molecule has 0 bridgehead atoms. The Bertz CT molecular complexity index is 826. The second-order valence-electron chi connectivity index (χ2n) is 4.64. The highest BCUT2D eigenvalue weighted by Crippen LogP contribution is 2.20. The zero-order valence-corrected chi connectivity index (χ0v) is 11.9. The Hall–Kier alpha value is -3.02. The Kier molecular flexibility index (Phi) is 3.65. The van der Waals surface area contributed by atoms with Crippen molar-refractivity contribution in [1.82, 2.24) is 9.38 Å². The number of hydrogen-bond donors (Lipinski definition) is 1. The van der Waals surface area contributed by atoms with Crippen molar-refractivity contribution in [2.24, 2.45) is 0 Å². The quantitative estimate of drug-likeness (QED) is 0.784. The van der Waals surface area contributed by atoms with Crippen molar-refractivity contribution in [3.8, 4) is 11.5 Å². The minimum absolute atomic E-state index is 0.162. The number of hydrogen-bond acceptors (Lipinski definition) is 4. The molecule has 0 amide bonds. The average Bonchev–Trinajstić information content (AvgIpc) is 2.96. The van der Waals surface area contributed by atoms with E-state index in [0.29, 0.717) is 17.1 Å². The molecule has 0 aliphatic heterocycles. The minimum atomic E-state index is -1.00. The molecule has 0 spiro atoms. The van der Waals surface area contributed by atoms with Crippen LogP contribution in [0, 0.1) is 0 Å². The standard InChI is InChI=1S/C16H14N2O4/c1-21-12-4-2-5-13(8-12)22-10-11-9-17-15-14(16(19)20)6-3-7-18(11)15/h2-9H,10H2,1H3,(H,19,20). The van der Waals surface area contributed by atoms with Crippen LogP contribution < -0.4 is 9.47 Å². The van der Waals surface area contributed by atoms with Crippen molar-refractivity contribution >= 4 is 11.6 Å². The molecule has 0 radical (unpaired) electrons. The van der Waals surface area contributed by atoms with E-state index in [-0.39, 0.29) is 12.2 Å². The highest BCUT2D eigenvalue weighted by atomic mass is 16.5. The van der Waals surface area contributed by atoms with Gasteiger partial charge in [-0.25, -0.2) is 9.78 Å². The first-order valence-corrected chi connectivity index (χ1v) is 6.64. The second-order valence-corrected chi connectivity index (χ2v) is 4.64. The maximum atomic E-state index is 11.2. The molecule has 0 fully saturated rings. The lowest BCUT2D eigenvalue weighted by molar-refractivity contribution is 0.0698. The first-order chi connectivity index (χ1) is 10.7. The summed E-state index contributed by atoms with van der Waals surface area (Å²) in [5.74, 6) is 0.379. The minimum Gasteiger partial charge on any atom is -0.497 e. The van der Waals surface area contributed by atoms with Gasteiger partial charge < -0.3 is 14.6 Å². The van der Waals surface area contributed by atoms with Gasteiger partial charge in [-0.05, 0) is 24.3 Å². The van der Waals surface area contributed by atoms with Crippen LogP contribution in [-0.4, -0.2) is 27.6 Å². The van der Waals surface area contributed by atoms with Gasteiger partial charge >= 0.3 is 5.97 Å². The largest absolute Gasteiger partial charge is 0.497 e. The number of carboxylic acids is 1. The van der Waals surface area contributed by atoms with E-state index < -0.39 is 5.97 Å². The van der Waals surface area contributed by atoms with Gasteiger partial charge in [0, 0.05) is 12.3 Å². The third-order valence-electron chi connectivity index (χ3n) is 3.27. The van der Waals surface area contributed by atoms with Crippen LogP contribution in [0.1, 0.15) is 16.1 Å². The fourth-order valence-corrected chi connectivity index (χ4v) is 2.18. The Morgan fingerprint density at radius 3 is 2.86 bits per heavy atom. The number of aromatic nitrogens is 2. The Morgan fingerprint density at radius 2 is 2.09 bits per heavy atom. The monoisotopic (exact) mass is 298 g/mol. The zero-order chi connectivity index (χ0) is 15.5. The van der Waals surface area contributed by atoms with Crippen LogP contribution in [0.25, 0.3) is 5.65 Å².